The largest absolute Gasteiger partial charge is 0.475 e. The smallest absolute Gasteiger partial charge is 0.378 e. The van der Waals surface area contributed by atoms with Gasteiger partial charge in [0.05, 0.1) is 6.21 Å². The molecular weight excluding hydrogens is 134 g/mol. The van der Waals surface area contributed by atoms with Gasteiger partial charge in [0.1, 0.15) is 0 Å². The molecule has 0 aromatic carbocycles. The molecule has 4 heteroatoms. The molecule has 0 aliphatic heterocycles. The molecule has 10 heavy (non-hydrogen) atoms. The summed E-state index contributed by atoms with van der Waals surface area (Å²) in [5.41, 5.74) is 0. The van der Waals surface area contributed by atoms with Gasteiger partial charge in [-0.1, -0.05) is 6.92 Å². The van der Waals surface area contributed by atoms with E-state index in [2.05, 4.69) is 4.99 Å². The third-order valence-electron chi connectivity index (χ3n) is 0.772. The minimum absolute atomic E-state index is 0.499. The first-order valence-electron chi connectivity index (χ1n) is 2.95. The zero-order valence-electron chi connectivity index (χ0n) is 5.70. The number of Topliss-reactive ketones (excluding diaryl/α,β-unsaturated/α-hetero) is 1. The van der Waals surface area contributed by atoms with E-state index in [1.165, 1.54) is 0 Å². The van der Waals surface area contributed by atoms with Crippen LogP contribution in [-0.2, 0) is 9.59 Å². The highest BCUT2D eigenvalue weighted by atomic mass is 16.4. The van der Waals surface area contributed by atoms with Crippen LogP contribution in [0.2, 0.25) is 0 Å². The Morgan fingerprint density at radius 1 is 1.60 bits per heavy atom. The van der Waals surface area contributed by atoms with E-state index in [0.717, 1.165) is 12.6 Å². The summed E-state index contributed by atoms with van der Waals surface area (Å²) in [5.74, 6) is -2.42. The molecule has 0 aliphatic carbocycles. The summed E-state index contributed by atoms with van der Waals surface area (Å²) in [6.07, 6.45) is 1.65. The maximum absolute atomic E-state index is 10.3. The molecule has 0 aromatic heterocycles. The van der Waals surface area contributed by atoms with Gasteiger partial charge >= 0.3 is 5.97 Å². The summed E-state index contributed by atoms with van der Waals surface area (Å²) in [6.45, 7) is 2.39. The lowest BCUT2D eigenvalue weighted by atomic mass is 10.4. The number of nitrogens with zero attached hydrogens (tertiary/aromatic N) is 1. The van der Waals surface area contributed by atoms with Crippen molar-refractivity contribution in [3.05, 3.63) is 0 Å². The van der Waals surface area contributed by atoms with Crippen LogP contribution in [-0.4, -0.2) is 29.6 Å². The Balaban J connectivity index is 3.67. The molecule has 0 saturated heterocycles. The molecule has 0 amide bonds. The number of rotatable bonds is 4. The van der Waals surface area contributed by atoms with Gasteiger partial charge < -0.3 is 5.11 Å². The van der Waals surface area contributed by atoms with Crippen molar-refractivity contribution >= 4 is 18.0 Å². The van der Waals surface area contributed by atoms with Gasteiger partial charge in [-0.15, -0.1) is 0 Å². The Morgan fingerprint density at radius 3 is 2.60 bits per heavy atom. The lowest BCUT2D eigenvalue weighted by Gasteiger charge is -1.83. The van der Waals surface area contributed by atoms with Crippen molar-refractivity contribution in [2.75, 3.05) is 6.54 Å². The van der Waals surface area contributed by atoms with E-state index in [0.29, 0.717) is 6.54 Å². The van der Waals surface area contributed by atoms with Crippen molar-refractivity contribution in [3.8, 4) is 0 Å². The molecule has 56 valence electrons. The van der Waals surface area contributed by atoms with Gasteiger partial charge in [0.2, 0.25) is 0 Å². The fraction of sp³-hybridized carbons (Fsp3) is 0.500. The molecule has 0 aliphatic rings. The van der Waals surface area contributed by atoms with Crippen LogP contribution in [0.3, 0.4) is 0 Å². The second-order valence-electron chi connectivity index (χ2n) is 1.70. The summed E-state index contributed by atoms with van der Waals surface area (Å²) < 4.78 is 0. The van der Waals surface area contributed by atoms with Crippen molar-refractivity contribution in [2.45, 2.75) is 13.3 Å². The number of ketones is 1. The molecule has 0 fully saturated rings. The molecule has 0 atom stereocenters. The molecular formula is C6H9NO3. The zero-order valence-corrected chi connectivity index (χ0v) is 5.70. The van der Waals surface area contributed by atoms with Crippen molar-refractivity contribution < 1.29 is 14.7 Å². The van der Waals surface area contributed by atoms with Gasteiger partial charge in [0.15, 0.2) is 0 Å². The maximum Gasteiger partial charge on any atom is 0.378 e. The Kier molecular flexibility index (Phi) is 4.11. The maximum atomic E-state index is 10.3. The van der Waals surface area contributed by atoms with Crippen molar-refractivity contribution in [3.63, 3.8) is 0 Å². The van der Waals surface area contributed by atoms with Crippen LogP contribution in [0, 0.1) is 0 Å². The fourth-order valence-corrected chi connectivity index (χ4v) is 0.332. The molecule has 0 saturated carbocycles. The highest BCUT2D eigenvalue weighted by molar-refractivity contribution is 6.56. The zero-order chi connectivity index (χ0) is 7.98. The quantitative estimate of drug-likeness (QED) is 0.449. The van der Waals surface area contributed by atoms with Crippen LogP contribution in [0.5, 0.6) is 0 Å². The van der Waals surface area contributed by atoms with E-state index in [9.17, 15) is 9.59 Å². The van der Waals surface area contributed by atoms with Crippen LogP contribution < -0.4 is 0 Å². The van der Waals surface area contributed by atoms with Crippen LogP contribution in [0.25, 0.3) is 0 Å². The molecule has 0 unspecified atom stereocenters. The average molecular weight is 143 g/mol. The summed E-state index contributed by atoms with van der Waals surface area (Å²) in [4.78, 5) is 23.7. The second-order valence-corrected chi connectivity index (χ2v) is 1.70. The Bertz CT molecular complexity index is 162. The second kappa shape index (κ2) is 4.67. The summed E-state index contributed by atoms with van der Waals surface area (Å²) >= 11 is 0. The lowest BCUT2D eigenvalue weighted by molar-refractivity contribution is -0.145. The van der Waals surface area contributed by atoms with Gasteiger partial charge in [-0.25, -0.2) is 4.79 Å². The number of carboxylic acids is 1. The fourth-order valence-electron chi connectivity index (χ4n) is 0.332. The van der Waals surface area contributed by atoms with E-state index in [-0.39, 0.29) is 0 Å². The molecule has 0 spiro atoms. The first-order valence-corrected chi connectivity index (χ1v) is 2.95. The lowest BCUT2D eigenvalue weighted by Crippen LogP contribution is -2.13. The van der Waals surface area contributed by atoms with Crippen LogP contribution in [0.4, 0.5) is 0 Å². The standard InChI is InChI=1S/C6H9NO3/c1-2-3-7-4-5(8)6(9)10/h4H,2-3H2,1H3,(H,9,10)/b7-4+. The number of aliphatic imine (C=N–C) groups is 1. The molecule has 0 heterocycles. The first kappa shape index (κ1) is 8.81. The number of carbonyl (C=O) groups excluding carboxylic acids is 1. The minimum atomic E-state index is -1.46. The highest BCUT2D eigenvalue weighted by Gasteiger charge is 2.05. The van der Waals surface area contributed by atoms with Gasteiger partial charge in [-0.2, -0.15) is 0 Å². The summed E-state index contributed by atoms with van der Waals surface area (Å²) in [6, 6.07) is 0. The number of carboxylic acid groups (broad SMARTS) is 1. The van der Waals surface area contributed by atoms with Crippen molar-refractivity contribution in [2.24, 2.45) is 4.99 Å². The van der Waals surface area contributed by atoms with Crippen LogP contribution in [0.15, 0.2) is 4.99 Å². The number of hydrogen-bond acceptors (Lipinski definition) is 3. The minimum Gasteiger partial charge on any atom is -0.475 e. The van der Waals surface area contributed by atoms with Gasteiger partial charge in [0.25, 0.3) is 5.78 Å². The summed E-state index contributed by atoms with van der Waals surface area (Å²) in [5, 5.41) is 8.04. The van der Waals surface area contributed by atoms with E-state index in [4.69, 9.17) is 5.11 Å². The predicted octanol–water partition coefficient (Wildman–Crippen LogP) is 0.121. The average Bonchev–Trinajstić information content (AvgIpc) is 1.88. The van der Waals surface area contributed by atoms with E-state index >= 15 is 0 Å². The third kappa shape index (κ3) is 3.77. The van der Waals surface area contributed by atoms with E-state index in [1.807, 2.05) is 6.92 Å². The SMILES string of the molecule is CCC/N=C/C(=O)C(=O)O. The molecule has 0 bridgehead atoms. The monoisotopic (exact) mass is 143 g/mol. The van der Waals surface area contributed by atoms with Gasteiger partial charge in [0, 0.05) is 6.54 Å². The Hall–Kier alpha value is -1.19. The van der Waals surface area contributed by atoms with Gasteiger partial charge in [-0.3, -0.25) is 9.79 Å². The topological polar surface area (TPSA) is 66.7 Å². The highest BCUT2D eigenvalue weighted by Crippen LogP contribution is 1.75. The van der Waals surface area contributed by atoms with Gasteiger partial charge in [-0.05, 0) is 6.42 Å². The molecule has 1 N–H and O–H groups in total. The molecule has 0 rings (SSSR count). The summed E-state index contributed by atoms with van der Waals surface area (Å²) in [7, 11) is 0. The van der Waals surface area contributed by atoms with Crippen LogP contribution >= 0.6 is 0 Å². The first-order chi connectivity index (χ1) is 4.68. The van der Waals surface area contributed by atoms with Crippen molar-refractivity contribution in [1.29, 1.82) is 0 Å². The number of aliphatic carboxylic acids is 1. The predicted molar refractivity (Wildman–Crippen MR) is 36.3 cm³/mol. The van der Waals surface area contributed by atoms with E-state index in [1.54, 1.807) is 0 Å². The molecule has 0 aromatic rings. The molecule has 4 nitrogen and oxygen atoms in total. The van der Waals surface area contributed by atoms with Crippen LogP contribution in [0.1, 0.15) is 13.3 Å². The Morgan fingerprint density at radius 2 is 2.20 bits per heavy atom. The van der Waals surface area contributed by atoms with Crippen molar-refractivity contribution in [1.82, 2.24) is 0 Å². The number of carbonyl (C=O) groups is 2. The van der Waals surface area contributed by atoms with E-state index < -0.39 is 11.8 Å². The Labute approximate surface area is 58.6 Å². The normalized spacial score (nSPS) is 10.1. The molecule has 0 radical (unpaired) electrons. The number of hydrogen-bond donors (Lipinski definition) is 1. The third-order valence-corrected chi connectivity index (χ3v) is 0.772.